The minimum Gasteiger partial charge on any atom is -0.493 e. The Kier molecular flexibility index (Phi) is 5.05. The number of hydrogen-bond donors (Lipinski definition) is 1. The summed E-state index contributed by atoms with van der Waals surface area (Å²) in [5.74, 6) is 1.74. The topological polar surface area (TPSA) is 69.7 Å². The molecule has 6 heteroatoms. The summed E-state index contributed by atoms with van der Waals surface area (Å²) in [7, 11) is 3.29. The van der Waals surface area contributed by atoms with Gasteiger partial charge in [-0.1, -0.05) is 12.1 Å². The van der Waals surface area contributed by atoms with Gasteiger partial charge in [-0.3, -0.25) is 0 Å². The number of pyridine rings is 1. The van der Waals surface area contributed by atoms with Gasteiger partial charge < -0.3 is 19.5 Å². The SMILES string of the molecule is COc1ccc(C23CCNC2C=C(OC(=O)c2ccccn2)CC3)cc1OC. The molecule has 1 N–H and O–H groups in total. The van der Waals surface area contributed by atoms with Crippen molar-refractivity contribution in [1.29, 1.82) is 0 Å². The molecule has 2 atom stereocenters. The zero-order valence-electron chi connectivity index (χ0n) is 16.1. The Morgan fingerprint density at radius 1 is 1.14 bits per heavy atom. The lowest BCUT2D eigenvalue weighted by Gasteiger charge is -2.38. The lowest BCUT2D eigenvalue weighted by molar-refractivity contribution is 0.0592. The first-order valence-electron chi connectivity index (χ1n) is 9.46. The fraction of sp³-hybridized carbons (Fsp3) is 0.364. The van der Waals surface area contributed by atoms with Crippen molar-refractivity contribution >= 4 is 5.97 Å². The van der Waals surface area contributed by atoms with Crippen LogP contribution in [0.5, 0.6) is 11.5 Å². The number of fused-ring (bicyclic) bond motifs is 1. The molecule has 1 aromatic carbocycles. The zero-order valence-corrected chi connectivity index (χ0v) is 16.1. The highest BCUT2D eigenvalue weighted by Crippen LogP contribution is 2.46. The Bertz CT molecular complexity index is 897. The Balaban J connectivity index is 1.58. The molecule has 2 aromatic rings. The van der Waals surface area contributed by atoms with E-state index in [0.717, 1.165) is 30.9 Å². The van der Waals surface area contributed by atoms with E-state index in [0.29, 0.717) is 17.9 Å². The number of methoxy groups -OCH3 is 2. The Hall–Kier alpha value is -2.86. The number of ether oxygens (including phenoxy) is 3. The van der Waals surface area contributed by atoms with E-state index < -0.39 is 5.97 Å². The summed E-state index contributed by atoms with van der Waals surface area (Å²) in [4.78, 5) is 16.4. The molecule has 6 nitrogen and oxygen atoms in total. The van der Waals surface area contributed by atoms with Crippen molar-refractivity contribution in [2.24, 2.45) is 0 Å². The van der Waals surface area contributed by atoms with Crippen LogP contribution in [0.25, 0.3) is 0 Å². The molecule has 1 aliphatic heterocycles. The van der Waals surface area contributed by atoms with Gasteiger partial charge in [0.1, 0.15) is 11.5 Å². The Morgan fingerprint density at radius 2 is 2.00 bits per heavy atom. The number of carbonyl (C=O) groups excluding carboxylic acids is 1. The van der Waals surface area contributed by atoms with Gasteiger partial charge in [0.05, 0.1) is 14.2 Å². The van der Waals surface area contributed by atoms with E-state index in [2.05, 4.69) is 22.4 Å². The number of esters is 1. The third-order valence-corrected chi connectivity index (χ3v) is 5.76. The molecular weight excluding hydrogens is 356 g/mol. The lowest BCUT2D eigenvalue weighted by atomic mass is 9.68. The molecule has 1 fully saturated rings. The van der Waals surface area contributed by atoms with Crippen LogP contribution in [0, 0.1) is 0 Å². The maximum absolute atomic E-state index is 12.3. The summed E-state index contributed by atoms with van der Waals surface area (Å²) < 4.78 is 16.5. The predicted molar refractivity (Wildman–Crippen MR) is 105 cm³/mol. The second kappa shape index (κ2) is 7.64. The highest BCUT2D eigenvalue weighted by atomic mass is 16.5. The summed E-state index contributed by atoms with van der Waals surface area (Å²) in [6.45, 7) is 0.914. The molecule has 0 saturated carbocycles. The van der Waals surface area contributed by atoms with Crippen molar-refractivity contribution in [2.75, 3.05) is 20.8 Å². The minimum atomic E-state index is -0.413. The smallest absolute Gasteiger partial charge is 0.361 e. The van der Waals surface area contributed by atoms with Gasteiger partial charge in [0, 0.05) is 24.1 Å². The van der Waals surface area contributed by atoms with Crippen LogP contribution < -0.4 is 14.8 Å². The van der Waals surface area contributed by atoms with E-state index in [4.69, 9.17) is 14.2 Å². The minimum absolute atomic E-state index is 0.0412. The first-order chi connectivity index (χ1) is 13.7. The highest BCUT2D eigenvalue weighted by Gasteiger charge is 2.46. The molecule has 0 amide bonds. The van der Waals surface area contributed by atoms with Gasteiger partial charge in [0.2, 0.25) is 0 Å². The van der Waals surface area contributed by atoms with Gasteiger partial charge in [-0.2, -0.15) is 0 Å². The number of nitrogens with zero attached hydrogens (tertiary/aromatic N) is 1. The van der Waals surface area contributed by atoms with Crippen molar-refractivity contribution in [2.45, 2.75) is 30.7 Å². The third-order valence-electron chi connectivity index (χ3n) is 5.76. The number of allylic oxidation sites excluding steroid dienone is 1. The predicted octanol–water partition coefficient (Wildman–Crippen LogP) is 3.23. The van der Waals surface area contributed by atoms with Crippen LogP contribution in [0.4, 0.5) is 0 Å². The molecule has 0 radical (unpaired) electrons. The monoisotopic (exact) mass is 380 g/mol. The number of carbonyl (C=O) groups is 1. The van der Waals surface area contributed by atoms with E-state index in [1.54, 1.807) is 38.6 Å². The molecular formula is C22H24N2O4. The van der Waals surface area contributed by atoms with Gasteiger partial charge in [-0.25, -0.2) is 9.78 Å². The van der Waals surface area contributed by atoms with E-state index in [1.165, 1.54) is 5.56 Å². The van der Waals surface area contributed by atoms with Gasteiger partial charge in [0.25, 0.3) is 0 Å². The number of benzene rings is 1. The summed E-state index contributed by atoms with van der Waals surface area (Å²) in [6, 6.07) is 11.4. The van der Waals surface area contributed by atoms with Crippen molar-refractivity contribution in [1.82, 2.24) is 10.3 Å². The highest BCUT2D eigenvalue weighted by molar-refractivity contribution is 5.87. The van der Waals surface area contributed by atoms with E-state index in [1.807, 2.05) is 12.1 Å². The molecule has 0 bridgehead atoms. The van der Waals surface area contributed by atoms with Crippen LogP contribution >= 0.6 is 0 Å². The van der Waals surface area contributed by atoms with Crippen molar-refractivity contribution < 1.29 is 19.0 Å². The second-order valence-corrected chi connectivity index (χ2v) is 7.15. The quantitative estimate of drug-likeness (QED) is 0.803. The van der Waals surface area contributed by atoms with Crippen LogP contribution in [0.2, 0.25) is 0 Å². The van der Waals surface area contributed by atoms with Gasteiger partial charge in [0.15, 0.2) is 11.5 Å². The average molecular weight is 380 g/mol. The Labute approximate surface area is 164 Å². The normalized spacial score (nSPS) is 23.5. The standard InChI is InChI=1S/C22H24N2O4/c1-26-18-7-6-15(13-19(18)27-2)22-9-8-16(14-20(22)24-12-10-22)28-21(25)17-5-3-4-11-23-17/h3-7,11,13-14,20,24H,8-10,12H2,1-2H3. The lowest BCUT2D eigenvalue weighted by Crippen LogP contribution is -2.41. The fourth-order valence-corrected chi connectivity index (χ4v) is 4.27. The summed E-state index contributed by atoms with van der Waals surface area (Å²) in [5.41, 5.74) is 1.49. The van der Waals surface area contributed by atoms with Crippen LogP contribution in [-0.4, -0.2) is 37.8 Å². The molecule has 1 aromatic heterocycles. The van der Waals surface area contributed by atoms with E-state index in [9.17, 15) is 4.79 Å². The summed E-state index contributed by atoms with van der Waals surface area (Å²) >= 11 is 0. The molecule has 146 valence electrons. The van der Waals surface area contributed by atoms with Crippen molar-refractivity contribution in [3.8, 4) is 11.5 Å². The summed E-state index contributed by atoms with van der Waals surface area (Å²) in [5, 5.41) is 3.55. The first-order valence-corrected chi connectivity index (χ1v) is 9.46. The molecule has 28 heavy (non-hydrogen) atoms. The summed E-state index contributed by atoms with van der Waals surface area (Å²) in [6.07, 6.45) is 6.25. The van der Waals surface area contributed by atoms with Crippen LogP contribution in [-0.2, 0) is 10.2 Å². The largest absolute Gasteiger partial charge is 0.493 e. The fourth-order valence-electron chi connectivity index (χ4n) is 4.27. The average Bonchev–Trinajstić information content (AvgIpc) is 3.18. The first kappa shape index (κ1) is 18.5. The second-order valence-electron chi connectivity index (χ2n) is 7.15. The van der Waals surface area contributed by atoms with Gasteiger partial charge in [-0.05, 0) is 55.3 Å². The number of aromatic nitrogens is 1. The molecule has 0 spiro atoms. The Morgan fingerprint density at radius 3 is 2.75 bits per heavy atom. The van der Waals surface area contributed by atoms with Crippen LogP contribution in [0.3, 0.4) is 0 Å². The molecule has 4 rings (SSSR count). The van der Waals surface area contributed by atoms with E-state index >= 15 is 0 Å². The molecule has 2 aliphatic rings. The van der Waals surface area contributed by atoms with E-state index in [-0.39, 0.29) is 11.5 Å². The molecule has 2 heterocycles. The molecule has 2 unspecified atom stereocenters. The molecule has 1 aliphatic carbocycles. The molecule has 1 saturated heterocycles. The zero-order chi connectivity index (χ0) is 19.6. The van der Waals surface area contributed by atoms with Gasteiger partial charge >= 0.3 is 5.97 Å². The maximum Gasteiger partial charge on any atom is 0.361 e. The number of rotatable bonds is 5. The van der Waals surface area contributed by atoms with Crippen LogP contribution in [0.15, 0.2) is 54.4 Å². The van der Waals surface area contributed by atoms with Gasteiger partial charge in [-0.15, -0.1) is 0 Å². The van der Waals surface area contributed by atoms with Crippen molar-refractivity contribution in [3.63, 3.8) is 0 Å². The third kappa shape index (κ3) is 3.24. The maximum atomic E-state index is 12.3. The number of hydrogen-bond acceptors (Lipinski definition) is 6. The van der Waals surface area contributed by atoms with Crippen molar-refractivity contribution in [3.05, 3.63) is 65.7 Å². The number of nitrogens with one attached hydrogen (secondary N) is 1. The van der Waals surface area contributed by atoms with Crippen LogP contribution in [0.1, 0.15) is 35.3 Å².